The molecule has 7 heteroatoms. The van der Waals surface area contributed by atoms with Gasteiger partial charge in [-0.2, -0.15) is 4.68 Å². The van der Waals surface area contributed by atoms with Crippen LogP contribution in [0.3, 0.4) is 0 Å². The first-order valence-electron chi connectivity index (χ1n) is 5.99. The van der Waals surface area contributed by atoms with E-state index in [1.54, 1.807) is 17.2 Å². The van der Waals surface area contributed by atoms with Crippen LogP contribution in [0.1, 0.15) is 5.69 Å². The Balaban J connectivity index is 1.79. The average molecular weight is 331 g/mol. The van der Waals surface area contributed by atoms with E-state index in [9.17, 15) is 0 Å². The van der Waals surface area contributed by atoms with Gasteiger partial charge in [-0.05, 0) is 50.6 Å². The summed E-state index contributed by atoms with van der Waals surface area (Å²) in [5.74, 6) is 0. The van der Waals surface area contributed by atoms with E-state index >= 15 is 0 Å². The molecule has 3 rings (SSSR count). The Kier molecular flexibility index (Phi) is 3.69. The SMILES string of the molecule is Brc1ccc(CNc2ccccc2-n2cnnn2)nc1. The lowest BCUT2D eigenvalue weighted by Gasteiger charge is -2.10. The number of pyridine rings is 1. The fourth-order valence-electron chi connectivity index (χ4n) is 1.79. The molecule has 0 aliphatic heterocycles. The summed E-state index contributed by atoms with van der Waals surface area (Å²) in [6.45, 7) is 0.631. The Bertz CT molecular complexity index is 680. The van der Waals surface area contributed by atoms with Gasteiger partial charge in [0.15, 0.2) is 0 Å². The summed E-state index contributed by atoms with van der Waals surface area (Å²) >= 11 is 3.37. The van der Waals surface area contributed by atoms with Gasteiger partial charge in [0.1, 0.15) is 6.33 Å². The molecule has 0 atom stereocenters. The molecule has 2 aromatic heterocycles. The van der Waals surface area contributed by atoms with Crippen molar-refractivity contribution in [2.24, 2.45) is 0 Å². The molecule has 20 heavy (non-hydrogen) atoms. The van der Waals surface area contributed by atoms with E-state index in [0.717, 1.165) is 21.5 Å². The van der Waals surface area contributed by atoms with Crippen LogP contribution in [0.5, 0.6) is 0 Å². The van der Waals surface area contributed by atoms with E-state index in [0.29, 0.717) is 6.54 Å². The largest absolute Gasteiger partial charge is 0.378 e. The lowest BCUT2D eigenvalue weighted by atomic mass is 10.2. The average Bonchev–Trinajstić information content (AvgIpc) is 3.01. The molecule has 0 spiro atoms. The predicted octanol–water partition coefficient (Wildman–Crippen LogP) is 2.43. The third-order valence-electron chi connectivity index (χ3n) is 2.75. The number of benzene rings is 1. The topological polar surface area (TPSA) is 68.5 Å². The summed E-state index contributed by atoms with van der Waals surface area (Å²) in [7, 11) is 0. The number of aromatic nitrogens is 5. The van der Waals surface area contributed by atoms with Gasteiger partial charge in [-0.1, -0.05) is 12.1 Å². The first-order chi connectivity index (χ1) is 9.83. The van der Waals surface area contributed by atoms with E-state index < -0.39 is 0 Å². The molecular weight excluding hydrogens is 320 g/mol. The van der Waals surface area contributed by atoms with Gasteiger partial charge in [-0.3, -0.25) is 4.98 Å². The van der Waals surface area contributed by atoms with E-state index in [1.807, 2.05) is 36.4 Å². The first-order valence-corrected chi connectivity index (χ1v) is 6.79. The van der Waals surface area contributed by atoms with E-state index in [-0.39, 0.29) is 0 Å². The standard InChI is InChI=1S/C13H11BrN6/c14-10-5-6-11(15-7-10)8-16-12-3-1-2-4-13(12)20-9-17-18-19-20/h1-7,9,16H,8H2. The minimum atomic E-state index is 0.631. The van der Waals surface area contributed by atoms with E-state index in [4.69, 9.17) is 0 Å². The van der Waals surface area contributed by atoms with E-state index in [1.165, 1.54) is 0 Å². The molecule has 0 saturated heterocycles. The van der Waals surface area contributed by atoms with Crippen LogP contribution in [0.4, 0.5) is 5.69 Å². The molecule has 2 heterocycles. The Hall–Kier alpha value is -2.28. The summed E-state index contributed by atoms with van der Waals surface area (Å²) < 4.78 is 2.59. The van der Waals surface area contributed by atoms with Crippen molar-refractivity contribution in [3.05, 3.63) is 59.1 Å². The highest BCUT2D eigenvalue weighted by Crippen LogP contribution is 2.19. The number of tetrazole rings is 1. The van der Waals surface area contributed by atoms with Crippen LogP contribution in [0.15, 0.2) is 53.4 Å². The molecule has 1 N–H and O–H groups in total. The third-order valence-corrected chi connectivity index (χ3v) is 3.22. The van der Waals surface area contributed by atoms with Crippen molar-refractivity contribution in [2.75, 3.05) is 5.32 Å². The molecule has 1 aromatic carbocycles. The molecule has 0 unspecified atom stereocenters. The highest BCUT2D eigenvalue weighted by molar-refractivity contribution is 9.10. The zero-order valence-corrected chi connectivity index (χ0v) is 12.0. The maximum atomic E-state index is 4.33. The Labute approximate surface area is 124 Å². The zero-order valence-electron chi connectivity index (χ0n) is 10.4. The highest BCUT2D eigenvalue weighted by Gasteiger charge is 2.05. The van der Waals surface area contributed by atoms with Gasteiger partial charge < -0.3 is 5.32 Å². The Morgan fingerprint density at radius 1 is 1.15 bits per heavy atom. The van der Waals surface area contributed by atoms with Crippen LogP contribution >= 0.6 is 15.9 Å². The summed E-state index contributed by atoms with van der Waals surface area (Å²) in [6.07, 6.45) is 3.35. The van der Waals surface area contributed by atoms with Crippen LogP contribution in [0.2, 0.25) is 0 Å². The normalized spacial score (nSPS) is 10.4. The predicted molar refractivity (Wildman–Crippen MR) is 78.4 cm³/mol. The fourth-order valence-corrected chi connectivity index (χ4v) is 2.03. The lowest BCUT2D eigenvalue weighted by Crippen LogP contribution is -2.06. The second kappa shape index (κ2) is 5.79. The second-order valence-corrected chi connectivity index (χ2v) is 5.01. The number of hydrogen-bond acceptors (Lipinski definition) is 5. The van der Waals surface area contributed by atoms with E-state index in [2.05, 4.69) is 41.8 Å². The van der Waals surface area contributed by atoms with Crippen LogP contribution in [0, 0.1) is 0 Å². The number of anilines is 1. The van der Waals surface area contributed by atoms with Gasteiger partial charge >= 0.3 is 0 Å². The summed E-state index contributed by atoms with van der Waals surface area (Å²) in [5.41, 5.74) is 2.80. The van der Waals surface area contributed by atoms with Crippen LogP contribution < -0.4 is 5.32 Å². The lowest BCUT2D eigenvalue weighted by molar-refractivity contribution is 0.789. The van der Waals surface area contributed by atoms with Crippen molar-refractivity contribution in [3.8, 4) is 5.69 Å². The number of nitrogens with one attached hydrogen (secondary N) is 1. The highest BCUT2D eigenvalue weighted by atomic mass is 79.9. The van der Waals surface area contributed by atoms with Gasteiger partial charge in [0.05, 0.1) is 23.6 Å². The van der Waals surface area contributed by atoms with Crippen molar-refractivity contribution in [2.45, 2.75) is 6.54 Å². The number of halogens is 1. The fraction of sp³-hybridized carbons (Fsp3) is 0.0769. The monoisotopic (exact) mass is 330 g/mol. The molecule has 3 aromatic rings. The quantitative estimate of drug-likeness (QED) is 0.795. The van der Waals surface area contributed by atoms with Crippen LogP contribution in [0.25, 0.3) is 5.69 Å². The number of rotatable bonds is 4. The molecule has 0 saturated carbocycles. The van der Waals surface area contributed by atoms with Crippen LogP contribution in [-0.4, -0.2) is 25.2 Å². The first kappa shape index (κ1) is 12.7. The molecular formula is C13H11BrN6. The molecule has 0 bridgehead atoms. The number of nitrogens with zero attached hydrogens (tertiary/aromatic N) is 5. The molecule has 0 aliphatic carbocycles. The van der Waals surface area contributed by atoms with Gasteiger partial charge in [-0.15, -0.1) is 5.10 Å². The summed E-state index contributed by atoms with van der Waals surface area (Å²) in [4.78, 5) is 4.33. The van der Waals surface area contributed by atoms with Crippen molar-refractivity contribution in [1.82, 2.24) is 25.2 Å². The molecule has 0 radical (unpaired) electrons. The van der Waals surface area contributed by atoms with Gasteiger partial charge in [0.25, 0.3) is 0 Å². The maximum Gasteiger partial charge on any atom is 0.143 e. The molecule has 0 fully saturated rings. The van der Waals surface area contributed by atoms with Crippen molar-refractivity contribution in [3.63, 3.8) is 0 Å². The summed E-state index contributed by atoms with van der Waals surface area (Å²) in [5, 5.41) is 14.6. The molecule has 100 valence electrons. The van der Waals surface area contributed by atoms with Gasteiger partial charge in [0, 0.05) is 10.7 Å². The van der Waals surface area contributed by atoms with Crippen molar-refractivity contribution in [1.29, 1.82) is 0 Å². The minimum Gasteiger partial charge on any atom is -0.378 e. The maximum absolute atomic E-state index is 4.33. The minimum absolute atomic E-state index is 0.631. The second-order valence-electron chi connectivity index (χ2n) is 4.09. The van der Waals surface area contributed by atoms with Gasteiger partial charge in [0.2, 0.25) is 0 Å². The zero-order chi connectivity index (χ0) is 13.8. The molecule has 6 nitrogen and oxygen atoms in total. The smallest absolute Gasteiger partial charge is 0.143 e. The Morgan fingerprint density at radius 3 is 2.80 bits per heavy atom. The number of para-hydroxylation sites is 2. The molecule has 0 amide bonds. The van der Waals surface area contributed by atoms with Gasteiger partial charge in [-0.25, -0.2) is 0 Å². The van der Waals surface area contributed by atoms with Crippen molar-refractivity contribution < 1.29 is 0 Å². The molecule has 0 aliphatic rings. The number of hydrogen-bond donors (Lipinski definition) is 1. The summed E-state index contributed by atoms with van der Waals surface area (Å²) in [6, 6.07) is 11.8. The Morgan fingerprint density at radius 2 is 2.05 bits per heavy atom. The van der Waals surface area contributed by atoms with Crippen LogP contribution in [-0.2, 0) is 6.54 Å². The third kappa shape index (κ3) is 2.83. The van der Waals surface area contributed by atoms with Crippen molar-refractivity contribution >= 4 is 21.6 Å².